The van der Waals surface area contributed by atoms with E-state index in [1.807, 2.05) is 18.8 Å². The summed E-state index contributed by atoms with van der Waals surface area (Å²) in [7, 11) is 2.01. The van der Waals surface area contributed by atoms with Crippen LogP contribution in [0.3, 0.4) is 0 Å². The fraction of sp³-hybridized carbons (Fsp3) is 0.667. The first-order valence-corrected chi connectivity index (χ1v) is 6.60. The average Bonchev–Trinajstić information content (AvgIpc) is 2.50. The van der Waals surface area contributed by atoms with Gasteiger partial charge in [-0.2, -0.15) is 11.8 Å². The van der Waals surface area contributed by atoms with Crippen LogP contribution < -0.4 is 5.32 Å². The van der Waals surface area contributed by atoms with Gasteiger partial charge in [-0.25, -0.2) is 4.98 Å². The number of thiazole rings is 1. The van der Waals surface area contributed by atoms with Gasteiger partial charge in [0.15, 0.2) is 0 Å². The minimum absolute atomic E-state index is 0.552. The highest BCUT2D eigenvalue weighted by Gasteiger charge is 2.08. The quantitative estimate of drug-likeness (QED) is 0.814. The molecule has 0 saturated heterocycles. The van der Waals surface area contributed by atoms with Crippen molar-refractivity contribution in [2.24, 2.45) is 0 Å². The Bertz CT molecular complexity index is 248. The highest BCUT2D eigenvalue weighted by molar-refractivity contribution is 7.98. The molecular weight excluding hydrogens is 200 g/mol. The molecule has 0 saturated carbocycles. The third-order valence-electron chi connectivity index (χ3n) is 1.90. The molecule has 1 atom stereocenters. The van der Waals surface area contributed by atoms with Crippen LogP contribution in [0.25, 0.3) is 0 Å². The van der Waals surface area contributed by atoms with Gasteiger partial charge in [0.05, 0.1) is 10.7 Å². The lowest BCUT2D eigenvalue weighted by molar-refractivity contribution is 0.610. The van der Waals surface area contributed by atoms with E-state index >= 15 is 0 Å². The van der Waals surface area contributed by atoms with Crippen molar-refractivity contribution in [3.05, 3.63) is 16.1 Å². The predicted octanol–water partition coefficient (Wildman–Crippen LogP) is 1.95. The van der Waals surface area contributed by atoms with Crippen molar-refractivity contribution in [1.29, 1.82) is 0 Å². The van der Waals surface area contributed by atoms with Gasteiger partial charge in [-0.1, -0.05) is 0 Å². The molecule has 74 valence electrons. The van der Waals surface area contributed by atoms with E-state index < -0.39 is 0 Å². The molecule has 0 bridgehead atoms. The summed E-state index contributed by atoms with van der Waals surface area (Å²) < 4.78 is 0. The first kappa shape index (κ1) is 11.0. The molecule has 0 fully saturated rings. The van der Waals surface area contributed by atoms with Crippen molar-refractivity contribution >= 4 is 23.1 Å². The van der Waals surface area contributed by atoms with Gasteiger partial charge in [-0.15, -0.1) is 11.3 Å². The van der Waals surface area contributed by atoms with Crippen molar-refractivity contribution in [2.45, 2.75) is 19.4 Å². The molecule has 0 aromatic carbocycles. The second-order valence-corrected chi connectivity index (χ2v) is 4.98. The first-order valence-electron chi connectivity index (χ1n) is 4.33. The highest BCUT2D eigenvalue weighted by atomic mass is 32.2. The van der Waals surface area contributed by atoms with Crippen LogP contribution in [0.5, 0.6) is 0 Å². The van der Waals surface area contributed by atoms with Gasteiger partial charge < -0.3 is 5.32 Å². The van der Waals surface area contributed by atoms with Crippen LogP contribution in [0, 0.1) is 6.92 Å². The molecular formula is C9H16N2S2. The molecule has 2 nitrogen and oxygen atoms in total. The fourth-order valence-electron chi connectivity index (χ4n) is 1.20. The van der Waals surface area contributed by atoms with Gasteiger partial charge >= 0.3 is 0 Å². The van der Waals surface area contributed by atoms with Crippen LogP contribution in [0.15, 0.2) is 5.38 Å². The zero-order valence-corrected chi connectivity index (χ0v) is 9.97. The van der Waals surface area contributed by atoms with Gasteiger partial charge in [0.25, 0.3) is 0 Å². The molecule has 0 aliphatic heterocycles. The first-order chi connectivity index (χ1) is 6.26. The Morgan fingerprint density at radius 2 is 2.46 bits per heavy atom. The van der Waals surface area contributed by atoms with Crippen molar-refractivity contribution < 1.29 is 0 Å². The Hall–Kier alpha value is -0.0600. The summed E-state index contributed by atoms with van der Waals surface area (Å²) >= 11 is 3.60. The van der Waals surface area contributed by atoms with E-state index in [0.29, 0.717) is 6.04 Å². The Kier molecular flexibility index (Phi) is 4.77. The number of likely N-dealkylation sites (N-methyl/N-ethyl adjacent to an activating group) is 1. The van der Waals surface area contributed by atoms with Crippen molar-refractivity contribution in [2.75, 3.05) is 19.1 Å². The van der Waals surface area contributed by atoms with Crippen molar-refractivity contribution in [3.8, 4) is 0 Å². The highest BCUT2D eigenvalue weighted by Crippen LogP contribution is 2.11. The molecule has 0 amide bonds. The van der Waals surface area contributed by atoms with E-state index in [2.05, 4.69) is 28.9 Å². The lowest BCUT2D eigenvalue weighted by Gasteiger charge is -2.12. The van der Waals surface area contributed by atoms with Gasteiger partial charge in [-0.3, -0.25) is 0 Å². The number of hydrogen-bond donors (Lipinski definition) is 1. The van der Waals surface area contributed by atoms with Crippen LogP contribution in [-0.4, -0.2) is 30.1 Å². The zero-order valence-electron chi connectivity index (χ0n) is 8.33. The normalized spacial score (nSPS) is 13.2. The lowest BCUT2D eigenvalue weighted by atomic mass is 10.2. The third kappa shape index (κ3) is 3.67. The molecule has 13 heavy (non-hydrogen) atoms. The molecule has 1 N–H and O–H groups in total. The molecule has 1 rings (SSSR count). The van der Waals surface area contributed by atoms with Crippen LogP contribution in [0.1, 0.15) is 10.7 Å². The monoisotopic (exact) mass is 216 g/mol. The third-order valence-corrected chi connectivity index (χ3v) is 3.46. The van der Waals surface area contributed by atoms with Gasteiger partial charge in [0, 0.05) is 23.6 Å². The molecule has 0 radical (unpaired) electrons. The van der Waals surface area contributed by atoms with E-state index in [1.165, 1.54) is 5.69 Å². The van der Waals surface area contributed by atoms with Gasteiger partial charge in [-0.05, 0) is 20.2 Å². The lowest BCUT2D eigenvalue weighted by Crippen LogP contribution is -2.30. The summed E-state index contributed by atoms with van der Waals surface area (Å²) in [6.45, 7) is 2.05. The maximum atomic E-state index is 4.45. The van der Waals surface area contributed by atoms with Gasteiger partial charge in [0.1, 0.15) is 0 Å². The van der Waals surface area contributed by atoms with E-state index in [-0.39, 0.29) is 0 Å². The number of nitrogens with one attached hydrogen (secondary N) is 1. The van der Waals surface area contributed by atoms with Crippen LogP contribution in [-0.2, 0) is 6.42 Å². The number of rotatable bonds is 5. The summed E-state index contributed by atoms with van der Waals surface area (Å²) in [6, 6.07) is 0.552. The van der Waals surface area contributed by atoms with Crippen LogP contribution in [0.4, 0.5) is 0 Å². The van der Waals surface area contributed by atoms with E-state index in [1.54, 1.807) is 11.3 Å². The number of hydrogen-bond acceptors (Lipinski definition) is 4. The number of thioether (sulfide) groups is 1. The number of aromatic nitrogens is 1. The Labute approximate surface area is 88.2 Å². The molecule has 1 unspecified atom stereocenters. The largest absolute Gasteiger partial charge is 0.316 e. The Morgan fingerprint density at radius 3 is 2.92 bits per heavy atom. The smallest absolute Gasteiger partial charge is 0.0897 e. The average molecular weight is 216 g/mol. The Morgan fingerprint density at radius 1 is 1.69 bits per heavy atom. The minimum atomic E-state index is 0.552. The summed E-state index contributed by atoms with van der Waals surface area (Å²) in [4.78, 5) is 4.45. The molecule has 1 aromatic heterocycles. The standard InChI is InChI=1S/C9H16N2S2/c1-7-11-9(6-13-7)4-8(10-2)5-12-3/h6,8,10H,4-5H2,1-3H3. The summed E-state index contributed by atoms with van der Waals surface area (Å²) in [6.07, 6.45) is 3.18. The minimum Gasteiger partial charge on any atom is -0.316 e. The SMILES string of the molecule is CNC(CSC)Cc1csc(C)n1. The van der Waals surface area contributed by atoms with Gasteiger partial charge in [0.2, 0.25) is 0 Å². The molecule has 0 aliphatic carbocycles. The predicted molar refractivity (Wildman–Crippen MR) is 61.8 cm³/mol. The molecule has 0 spiro atoms. The maximum Gasteiger partial charge on any atom is 0.0897 e. The molecule has 0 aliphatic rings. The number of aryl methyl sites for hydroxylation is 1. The second-order valence-electron chi connectivity index (χ2n) is 3.00. The van der Waals surface area contributed by atoms with Crippen LogP contribution >= 0.6 is 23.1 Å². The second kappa shape index (κ2) is 5.62. The topological polar surface area (TPSA) is 24.9 Å². The van der Waals surface area contributed by atoms with Crippen molar-refractivity contribution in [1.82, 2.24) is 10.3 Å². The van der Waals surface area contributed by atoms with Crippen LogP contribution in [0.2, 0.25) is 0 Å². The Balaban J connectivity index is 2.46. The van der Waals surface area contributed by atoms with E-state index in [9.17, 15) is 0 Å². The van der Waals surface area contributed by atoms with Crippen molar-refractivity contribution in [3.63, 3.8) is 0 Å². The maximum absolute atomic E-state index is 4.45. The molecule has 1 heterocycles. The van der Waals surface area contributed by atoms with E-state index in [4.69, 9.17) is 0 Å². The summed E-state index contributed by atoms with van der Waals surface area (Å²) in [5.41, 5.74) is 1.22. The summed E-state index contributed by atoms with van der Waals surface area (Å²) in [5, 5.41) is 6.62. The summed E-state index contributed by atoms with van der Waals surface area (Å²) in [5.74, 6) is 1.15. The fourth-order valence-corrected chi connectivity index (χ4v) is 2.51. The number of nitrogens with zero attached hydrogens (tertiary/aromatic N) is 1. The molecule has 4 heteroatoms. The molecule has 1 aromatic rings. The van der Waals surface area contributed by atoms with E-state index in [0.717, 1.165) is 17.2 Å². The zero-order chi connectivity index (χ0) is 9.68.